The standard InChI is InChI=1S/C23H38N4O2/c1-4-24-23(25-15-19(11-13-28)14-18(2)3)26-16-20-8-5-6-9-21(20)17-27-12-7-10-22(27)29/h5-6,8-9,18-19,28H,4,7,10-17H2,1-3H3,(H2,24,25,26). The number of nitrogens with one attached hydrogen (secondary N) is 2. The van der Waals surface area contributed by atoms with Crippen LogP contribution in [0.1, 0.15) is 57.6 Å². The Morgan fingerprint density at radius 3 is 2.62 bits per heavy atom. The molecule has 6 nitrogen and oxygen atoms in total. The molecule has 0 radical (unpaired) electrons. The van der Waals surface area contributed by atoms with Gasteiger partial charge in [0.2, 0.25) is 5.91 Å². The van der Waals surface area contributed by atoms with Gasteiger partial charge in [0.05, 0.1) is 6.54 Å². The highest BCUT2D eigenvalue weighted by Gasteiger charge is 2.20. The van der Waals surface area contributed by atoms with E-state index >= 15 is 0 Å². The van der Waals surface area contributed by atoms with Crippen LogP contribution in [-0.4, -0.2) is 48.1 Å². The van der Waals surface area contributed by atoms with Crippen molar-refractivity contribution in [3.8, 4) is 0 Å². The molecule has 162 valence electrons. The van der Waals surface area contributed by atoms with Gasteiger partial charge in [-0.2, -0.15) is 0 Å². The predicted molar refractivity (Wildman–Crippen MR) is 119 cm³/mol. The number of aliphatic imine (C=N–C) groups is 1. The van der Waals surface area contributed by atoms with Gasteiger partial charge in [-0.3, -0.25) is 4.79 Å². The molecular formula is C23H38N4O2. The lowest BCUT2D eigenvalue weighted by Gasteiger charge is -2.21. The second-order valence-corrected chi connectivity index (χ2v) is 8.27. The molecule has 1 heterocycles. The monoisotopic (exact) mass is 402 g/mol. The van der Waals surface area contributed by atoms with E-state index in [1.165, 1.54) is 5.56 Å². The van der Waals surface area contributed by atoms with Crippen LogP contribution in [-0.2, 0) is 17.9 Å². The fourth-order valence-electron chi connectivity index (χ4n) is 3.84. The maximum Gasteiger partial charge on any atom is 0.222 e. The third-order valence-electron chi connectivity index (χ3n) is 5.30. The van der Waals surface area contributed by atoms with Crippen molar-refractivity contribution in [1.82, 2.24) is 15.5 Å². The summed E-state index contributed by atoms with van der Waals surface area (Å²) < 4.78 is 0. The molecule has 0 spiro atoms. The third kappa shape index (κ3) is 8.05. The van der Waals surface area contributed by atoms with Crippen molar-refractivity contribution in [2.75, 3.05) is 26.2 Å². The van der Waals surface area contributed by atoms with Crippen LogP contribution >= 0.6 is 0 Å². The van der Waals surface area contributed by atoms with Crippen molar-refractivity contribution in [2.24, 2.45) is 16.8 Å². The number of aliphatic hydroxyl groups is 1. The fraction of sp³-hybridized carbons (Fsp3) is 0.652. The Morgan fingerprint density at radius 2 is 2.00 bits per heavy atom. The highest BCUT2D eigenvalue weighted by Crippen LogP contribution is 2.18. The molecule has 1 fully saturated rings. The molecule has 6 heteroatoms. The lowest BCUT2D eigenvalue weighted by Crippen LogP contribution is -2.40. The average Bonchev–Trinajstić information content (AvgIpc) is 3.09. The highest BCUT2D eigenvalue weighted by molar-refractivity contribution is 5.80. The number of hydrogen-bond acceptors (Lipinski definition) is 3. The zero-order chi connectivity index (χ0) is 21.1. The van der Waals surface area contributed by atoms with E-state index in [9.17, 15) is 9.90 Å². The summed E-state index contributed by atoms with van der Waals surface area (Å²) in [4.78, 5) is 18.7. The first-order valence-electron chi connectivity index (χ1n) is 11.0. The van der Waals surface area contributed by atoms with E-state index < -0.39 is 0 Å². The van der Waals surface area contributed by atoms with Crippen molar-refractivity contribution in [1.29, 1.82) is 0 Å². The van der Waals surface area contributed by atoms with E-state index in [0.29, 0.717) is 31.3 Å². The molecule has 1 atom stereocenters. The number of rotatable bonds is 11. The van der Waals surface area contributed by atoms with Gasteiger partial charge in [-0.05, 0) is 49.1 Å². The van der Waals surface area contributed by atoms with E-state index in [4.69, 9.17) is 4.99 Å². The normalized spacial score (nSPS) is 15.8. The number of likely N-dealkylation sites (tertiary alicyclic amines) is 1. The molecule has 0 aliphatic carbocycles. The van der Waals surface area contributed by atoms with Crippen LogP contribution in [0.5, 0.6) is 0 Å². The van der Waals surface area contributed by atoms with Crippen LogP contribution in [0.3, 0.4) is 0 Å². The van der Waals surface area contributed by atoms with Crippen molar-refractivity contribution in [3.63, 3.8) is 0 Å². The topological polar surface area (TPSA) is 77.0 Å². The first-order chi connectivity index (χ1) is 14.0. The van der Waals surface area contributed by atoms with Gasteiger partial charge in [0.1, 0.15) is 0 Å². The lowest BCUT2D eigenvalue weighted by molar-refractivity contribution is -0.128. The second kappa shape index (κ2) is 12.5. The predicted octanol–water partition coefficient (Wildman–Crippen LogP) is 2.91. The molecule has 0 aromatic heterocycles. The Labute approximate surface area is 175 Å². The van der Waals surface area contributed by atoms with Gasteiger partial charge in [0.15, 0.2) is 5.96 Å². The summed E-state index contributed by atoms with van der Waals surface area (Å²) in [5, 5.41) is 16.1. The first-order valence-corrected chi connectivity index (χ1v) is 11.0. The average molecular weight is 403 g/mol. The summed E-state index contributed by atoms with van der Waals surface area (Å²) in [6.45, 7) is 10.4. The van der Waals surface area contributed by atoms with Crippen molar-refractivity contribution in [2.45, 2.75) is 59.5 Å². The molecule has 1 aromatic carbocycles. The molecule has 3 N–H and O–H groups in total. The van der Waals surface area contributed by atoms with Crippen LogP contribution in [0.25, 0.3) is 0 Å². The van der Waals surface area contributed by atoms with Crippen LogP contribution in [0.4, 0.5) is 0 Å². The summed E-state index contributed by atoms with van der Waals surface area (Å²) in [5.74, 6) is 2.08. The molecule has 1 aromatic rings. The molecule has 29 heavy (non-hydrogen) atoms. The molecule has 1 aliphatic rings. The third-order valence-corrected chi connectivity index (χ3v) is 5.30. The zero-order valence-corrected chi connectivity index (χ0v) is 18.3. The number of amides is 1. The van der Waals surface area contributed by atoms with Crippen molar-refractivity contribution >= 4 is 11.9 Å². The number of aliphatic hydroxyl groups excluding tert-OH is 1. The van der Waals surface area contributed by atoms with Gasteiger partial charge in [0, 0.05) is 39.2 Å². The Kier molecular flexibility index (Phi) is 9.98. The second-order valence-electron chi connectivity index (χ2n) is 8.27. The van der Waals surface area contributed by atoms with E-state index in [1.54, 1.807) is 0 Å². The SMILES string of the molecule is CCNC(=NCc1ccccc1CN1CCCC1=O)NCC(CCO)CC(C)C. The maximum absolute atomic E-state index is 12.0. The van der Waals surface area contributed by atoms with Gasteiger partial charge in [0.25, 0.3) is 0 Å². The van der Waals surface area contributed by atoms with Crippen LogP contribution in [0.15, 0.2) is 29.3 Å². The maximum atomic E-state index is 12.0. The van der Waals surface area contributed by atoms with Gasteiger partial charge in [-0.15, -0.1) is 0 Å². The number of guanidine groups is 1. The number of carbonyl (C=O) groups is 1. The van der Waals surface area contributed by atoms with Crippen LogP contribution in [0.2, 0.25) is 0 Å². The van der Waals surface area contributed by atoms with Gasteiger partial charge in [-0.1, -0.05) is 38.1 Å². The molecule has 0 saturated carbocycles. The van der Waals surface area contributed by atoms with Gasteiger partial charge >= 0.3 is 0 Å². The van der Waals surface area contributed by atoms with E-state index in [2.05, 4.69) is 43.5 Å². The smallest absolute Gasteiger partial charge is 0.222 e. The van der Waals surface area contributed by atoms with Gasteiger partial charge < -0.3 is 20.6 Å². The summed E-state index contributed by atoms with van der Waals surface area (Å²) in [6, 6.07) is 8.24. The number of nitrogens with zero attached hydrogens (tertiary/aromatic N) is 2. The molecule has 0 bridgehead atoms. The lowest BCUT2D eigenvalue weighted by atomic mass is 9.94. The summed E-state index contributed by atoms with van der Waals surface area (Å²) in [5.41, 5.74) is 2.32. The number of carbonyl (C=O) groups excluding carboxylic acids is 1. The Hall–Kier alpha value is -2.08. The Balaban J connectivity index is 2.01. The van der Waals surface area contributed by atoms with Crippen molar-refractivity contribution < 1.29 is 9.90 Å². The zero-order valence-electron chi connectivity index (χ0n) is 18.3. The molecule has 1 aliphatic heterocycles. The van der Waals surface area contributed by atoms with E-state index in [0.717, 1.165) is 50.4 Å². The highest BCUT2D eigenvalue weighted by atomic mass is 16.3. The van der Waals surface area contributed by atoms with Gasteiger partial charge in [-0.25, -0.2) is 4.99 Å². The molecule has 1 unspecified atom stereocenters. The molecule has 2 rings (SSSR count). The van der Waals surface area contributed by atoms with E-state index in [1.807, 2.05) is 17.0 Å². The molecule has 1 saturated heterocycles. The first kappa shape index (κ1) is 23.2. The Bertz CT molecular complexity index is 660. The molecular weight excluding hydrogens is 364 g/mol. The minimum atomic E-state index is 0.218. The summed E-state index contributed by atoms with van der Waals surface area (Å²) in [6.07, 6.45) is 3.51. The minimum absolute atomic E-state index is 0.218. The largest absolute Gasteiger partial charge is 0.396 e. The van der Waals surface area contributed by atoms with E-state index in [-0.39, 0.29) is 12.5 Å². The summed E-state index contributed by atoms with van der Waals surface area (Å²) in [7, 11) is 0. The Morgan fingerprint density at radius 1 is 1.24 bits per heavy atom. The number of benzene rings is 1. The van der Waals surface area contributed by atoms with Crippen molar-refractivity contribution in [3.05, 3.63) is 35.4 Å². The summed E-state index contributed by atoms with van der Waals surface area (Å²) >= 11 is 0. The molecule has 1 amide bonds. The van der Waals surface area contributed by atoms with Crippen LogP contribution < -0.4 is 10.6 Å². The van der Waals surface area contributed by atoms with Crippen LogP contribution in [0, 0.1) is 11.8 Å². The minimum Gasteiger partial charge on any atom is -0.396 e. The quantitative estimate of drug-likeness (QED) is 0.393. The number of hydrogen-bond donors (Lipinski definition) is 3. The fourth-order valence-corrected chi connectivity index (χ4v) is 3.84.